The van der Waals surface area contributed by atoms with E-state index in [1.54, 1.807) is 0 Å². The average Bonchev–Trinajstić information content (AvgIpc) is 2.25. The fraction of sp³-hybridized carbons (Fsp3) is 0.417. The van der Waals surface area contributed by atoms with Crippen molar-refractivity contribution < 1.29 is 0 Å². The van der Waals surface area contributed by atoms with E-state index in [0.717, 1.165) is 5.69 Å². The summed E-state index contributed by atoms with van der Waals surface area (Å²) in [6, 6.07) is 8.80. The highest BCUT2D eigenvalue weighted by Gasteiger charge is 2.25. The first-order valence-corrected chi connectivity index (χ1v) is 5.17. The SMILES string of the molecule is CC1Nc2cc(C#N)ccc2N(C)C1C. The lowest BCUT2D eigenvalue weighted by Crippen LogP contribution is -2.45. The molecule has 0 radical (unpaired) electrons. The van der Waals surface area contributed by atoms with Crippen molar-refractivity contribution in [3.63, 3.8) is 0 Å². The Labute approximate surface area is 90.3 Å². The second kappa shape index (κ2) is 3.47. The highest BCUT2D eigenvalue weighted by atomic mass is 15.2. The fourth-order valence-corrected chi connectivity index (χ4v) is 1.95. The molecule has 1 aliphatic rings. The molecule has 0 saturated heterocycles. The standard InChI is InChI=1S/C12H15N3/c1-8-9(2)15(3)12-5-4-10(7-13)6-11(12)14-8/h4-6,8-9,14H,1-3H3. The lowest BCUT2D eigenvalue weighted by molar-refractivity contribution is 0.587. The second-order valence-corrected chi connectivity index (χ2v) is 4.13. The molecule has 15 heavy (non-hydrogen) atoms. The summed E-state index contributed by atoms with van der Waals surface area (Å²) in [5, 5.41) is 12.3. The maximum Gasteiger partial charge on any atom is 0.0992 e. The van der Waals surface area contributed by atoms with Gasteiger partial charge >= 0.3 is 0 Å². The summed E-state index contributed by atoms with van der Waals surface area (Å²) >= 11 is 0. The normalized spacial score (nSPS) is 24.0. The van der Waals surface area contributed by atoms with Gasteiger partial charge in [-0.25, -0.2) is 0 Å². The molecule has 78 valence electrons. The van der Waals surface area contributed by atoms with Gasteiger partial charge in [-0.15, -0.1) is 0 Å². The molecule has 2 unspecified atom stereocenters. The maximum atomic E-state index is 8.83. The van der Waals surface area contributed by atoms with Crippen molar-refractivity contribution in [2.45, 2.75) is 25.9 Å². The Morgan fingerprint density at radius 3 is 2.80 bits per heavy atom. The molecule has 1 N–H and O–H groups in total. The van der Waals surface area contributed by atoms with E-state index in [9.17, 15) is 0 Å². The number of fused-ring (bicyclic) bond motifs is 1. The highest BCUT2D eigenvalue weighted by Crippen LogP contribution is 2.33. The Balaban J connectivity index is 2.47. The number of hydrogen-bond acceptors (Lipinski definition) is 3. The molecular formula is C12H15N3. The van der Waals surface area contributed by atoms with Crippen LogP contribution in [0.5, 0.6) is 0 Å². The first-order chi connectivity index (χ1) is 7.13. The molecule has 1 heterocycles. The summed E-state index contributed by atoms with van der Waals surface area (Å²) in [5.74, 6) is 0. The largest absolute Gasteiger partial charge is 0.379 e. The predicted octanol–water partition coefficient (Wildman–Crippen LogP) is 2.20. The van der Waals surface area contributed by atoms with Gasteiger partial charge in [-0.1, -0.05) is 0 Å². The zero-order chi connectivity index (χ0) is 11.0. The molecule has 1 aromatic carbocycles. The van der Waals surface area contributed by atoms with Crippen molar-refractivity contribution >= 4 is 11.4 Å². The molecule has 1 aromatic rings. The molecule has 1 aliphatic heterocycles. The van der Waals surface area contributed by atoms with E-state index in [1.165, 1.54) is 5.69 Å². The van der Waals surface area contributed by atoms with Crippen molar-refractivity contribution in [1.82, 2.24) is 0 Å². The predicted molar refractivity (Wildman–Crippen MR) is 62.1 cm³/mol. The van der Waals surface area contributed by atoms with E-state index < -0.39 is 0 Å². The van der Waals surface area contributed by atoms with Crippen molar-refractivity contribution in [1.29, 1.82) is 5.26 Å². The molecule has 0 saturated carbocycles. The van der Waals surface area contributed by atoms with Gasteiger partial charge in [0.25, 0.3) is 0 Å². The Hall–Kier alpha value is -1.69. The summed E-state index contributed by atoms with van der Waals surface area (Å²) in [6.07, 6.45) is 0. The minimum absolute atomic E-state index is 0.399. The Kier molecular flexibility index (Phi) is 2.28. The third-order valence-electron chi connectivity index (χ3n) is 3.22. The summed E-state index contributed by atoms with van der Waals surface area (Å²) < 4.78 is 0. The molecule has 3 heteroatoms. The van der Waals surface area contributed by atoms with E-state index in [0.29, 0.717) is 17.6 Å². The Morgan fingerprint density at radius 2 is 2.13 bits per heavy atom. The van der Waals surface area contributed by atoms with Crippen LogP contribution in [-0.4, -0.2) is 19.1 Å². The molecule has 0 spiro atoms. The van der Waals surface area contributed by atoms with Crippen LogP contribution in [-0.2, 0) is 0 Å². The summed E-state index contributed by atoms with van der Waals surface area (Å²) in [4.78, 5) is 2.25. The van der Waals surface area contributed by atoms with E-state index in [2.05, 4.69) is 37.2 Å². The zero-order valence-corrected chi connectivity index (χ0v) is 9.28. The van der Waals surface area contributed by atoms with Gasteiger partial charge < -0.3 is 10.2 Å². The van der Waals surface area contributed by atoms with Crippen LogP contribution in [0.1, 0.15) is 19.4 Å². The van der Waals surface area contributed by atoms with Crippen molar-refractivity contribution in [3.05, 3.63) is 23.8 Å². The lowest BCUT2D eigenvalue weighted by Gasteiger charge is -2.39. The van der Waals surface area contributed by atoms with Crippen molar-refractivity contribution in [3.8, 4) is 6.07 Å². The van der Waals surface area contributed by atoms with Gasteiger partial charge in [-0.05, 0) is 32.0 Å². The van der Waals surface area contributed by atoms with E-state index in [-0.39, 0.29) is 0 Å². The number of benzene rings is 1. The van der Waals surface area contributed by atoms with Crippen LogP contribution in [0.2, 0.25) is 0 Å². The summed E-state index contributed by atoms with van der Waals surface area (Å²) in [5.41, 5.74) is 2.93. The third-order valence-corrected chi connectivity index (χ3v) is 3.22. The van der Waals surface area contributed by atoms with Gasteiger partial charge in [0.1, 0.15) is 0 Å². The fourth-order valence-electron chi connectivity index (χ4n) is 1.95. The van der Waals surface area contributed by atoms with E-state index in [4.69, 9.17) is 5.26 Å². The van der Waals surface area contributed by atoms with Crippen LogP contribution < -0.4 is 10.2 Å². The van der Waals surface area contributed by atoms with Gasteiger partial charge in [0.05, 0.1) is 23.0 Å². The number of rotatable bonds is 0. The molecule has 2 rings (SSSR count). The molecule has 0 aromatic heterocycles. The maximum absolute atomic E-state index is 8.83. The van der Waals surface area contributed by atoms with Crippen LogP contribution >= 0.6 is 0 Å². The highest BCUT2D eigenvalue weighted by molar-refractivity contribution is 5.74. The molecule has 0 bridgehead atoms. The van der Waals surface area contributed by atoms with Crippen LogP contribution in [0, 0.1) is 11.3 Å². The van der Waals surface area contributed by atoms with Crippen LogP contribution in [0.3, 0.4) is 0 Å². The zero-order valence-electron chi connectivity index (χ0n) is 9.28. The molecule has 0 fully saturated rings. The number of likely N-dealkylation sites (N-methyl/N-ethyl adjacent to an activating group) is 1. The van der Waals surface area contributed by atoms with Gasteiger partial charge in [0.15, 0.2) is 0 Å². The lowest BCUT2D eigenvalue weighted by atomic mass is 10.0. The second-order valence-electron chi connectivity index (χ2n) is 4.13. The number of hydrogen-bond donors (Lipinski definition) is 1. The van der Waals surface area contributed by atoms with Crippen molar-refractivity contribution in [2.24, 2.45) is 0 Å². The van der Waals surface area contributed by atoms with Gasteiger partial charge in [0.2, 0.25) is 0 Å². The van der Waals surface area contributed by atoms with Crippen LogP contribution in [0.15, 0.2) is 18.2 Å². The van der Waals surface area contributed by atoms with Crippen LogP contribution in [0.25, 0.3) is 0 Å². The van der Waals surface area contributed by atoms with E-state index >= 15 is 0 Å². The molecule has 2 atom stereocenters. The monoisotopic (exact) mass is 201 g/mol. The number of nitrogens with zero attached hydrogens (tertiary/aromatic N) is 2. The van der Waals surface area contributed by atoms with Gasteiger partial charge in [0, 0.05) is 19.1 Å². The number of anilines is 2. The third kappa shape index (κ3) is 1.52. The molecule has 3 nitrogen and oxygen atoms in total. The first-order valence-electron chi connectivity index (χ1n) is 5.17. The molecule has 0 aliphatic carbocycles. The average molecular weight is 201 g/mol. The summed E-state index contributed by atoms with van der Waals surface area (Å²) in [7, 11) is 2.09. The Bertz CT molecular complexity index is 419. The van der Waals surface area contributed by atoms with Gasteiger partial charge in [-0.3, -0.25) is 0 Å². The molecular weight excluding hydrogens is 186 g/mol. The van der Waals surface area contributed by atoms with E-state index in [1.807, 2.05) is 18.2 Å². The van der Waals surface area contributed by atoms with Gasteiger partial charge in [-0.2, -0.15) is 5.26 Å². The smallest absolute Gasteiger partial charge is 0.0992 e. The minimum Gasteiger partial charge on any atom is -0.379 e. The first kappa shape index (κ1) is 9.85. The van der Waals surface area contributed by atoms with Crippen molar-refractivity contribution in [2.75, 3.05) is 17.3 Å². The summed E-state index contributed by atoms with van der Waals surface area (Å²) in [6.45, 7) is 4.35. The quantitative estimate of drug-likeness (QED) is 0.699. The minimum atomic E-state index is 0.399. The Morgan fingerprint density at radius 1 is 1.40 bits per heavy atom. The number of nitrogens with one attached hydrogen (secondary N) is 1. The topological polar surface area (TPSA) is 39.1 Å². The van der Waals surface area contributed by atoms with Crippen LogP contribution in [0.4, 0.5) is 11.4 Å². The number of nitriles is 1. The molecule has 0 amide bonds.